The lowest BCUT2D eigenvalue weighted by Gasteiger charge is -2.03. The number of H-pyrrole nitrogens is 1. The summed E-state index contributed by atoms with van der Waals surface area (Å²) in [6, 6.07) is 11.9. The molecular weight excluding hydrogens is 396 g/mol. The van der Waals surface area contributed by atoms with E-state index in [1.807, 2.05) is 47.2 Å². The molecule has 0 aliphatic heterocycles. The highest BCUT2D eigenvalue weighted by molar-refractivity contribution is 7.98. The second kappa shape index (κ2) is 6.88. The highest BCUT2D eigenvalue weighted by Gasteiger charge is 2.13. The molecule has 0 spiro atoms. The van der Waals surface area contributed by atoms with Crippen LogP contribution >= 0.6 is 34.4 Å². The predicted molar refractivity (Wildman–Crippen MR) is 113 cm³/mol. The molecule has 1 N–H and O–H groups in total. The lowest BCUT2D eigenvalue weighted by atomic mass is 10.1. The van der Waals surface area contributed by atoms with E-state index < -0.39 is 0 Å². The standard InChI is InChI=1S/C19H12N4OS3/c24-16-15-13(11-4-2-1-3-5-11)8-26-19(15)23-14(22-16)9-27-18-12-6-7-25-17(12)20-10-21-18/h1-8,10H,9H2,(H,22,23,24). The van der Waals surface area contributed by atoms with E-state index in [4.69, 9.17) is 0 Å². The van der Waals surface area contributed by atoms with E-state index in [-0.39, 0.29) is 5.56 Å². The molecule has 132 valence electrons. The Kier molecular flexibility index (Phi) is 4.23. The van der Waals surface area contributed by atoms with Gasteiger partial charge in [0.05, 0.1) is 11.1 Å². The number of thiophene rings is 2. The SMILES string of the molecule is O=c1[nH]c(CSc2ncnc3sccc23)nc2scc(-c3ccccc3)c12. The van der Waals surface area contributed by atoms with Crippen molar-refractivity contribution >= 4 is 54.9 Å². The van der Waals surface area contributed by atoms with Crippen molar-refractivity contribution in [2.45, 2.75) is 10.8 Å². The third-order valence-electron chi connectivity index (χ3n) is 4.15. The molecule has 8 heteroatoms. The van der Waals surface area contributed by atoms with Gasteiger partial charge in [0.15, 0.2) is 0 Å². The zero-order valence-corrected chi connectivity index (χ0v) is 16.3. The summed E-state index contributed by atoms with van der Waals surface area (Å²) in [5.41, 5.74) is 1.86. The van der Waals surface area contributed by atoms with Crippen LogP contribution in [0, 0.1) is 0 Å². The Morgan fingerprint density at radius 2 is 1.93 bits per heavy atom. The van der Waals surface area contributed by atoms with Gasteiger partial charge in [-0.1, -0.05) is 42.1 Å². The number of hydrogen-bond acceptors (Lipinski definition) is 7. The molecule has 0 saturated carbocycles. The summed E-state index contributed by atoms with van der Waals surface area (Å²) < 4.78 is 0. The number of nitrogens with one attached hydrogen (secondary N) is 1. The predicted octanol–water partition coefficient (Wildman–Crippen LogP) is 4.95. The minimum absolute atomic E-state index is 0.0981. The van der Waals surface area contributed by atoms with Crippen LogP contribution in [0.15, 0.2) is 63.3 Å². The first-order valence-electron chi connectivity index (χ1n) is 8.16. The van der Waals surface area contributed by atoms with Gasteiger partial charge in [-0.15, -0.1) is 22.7 Å². The molecule has 0 aliphatic carbocycles. The van der Waals surface area contributed by atoms with Crippen molar-refractivity contribution in [3.05, 3.63) is 69.7 Å². The first kappa shape index (κ1) is 16.6. The van der Waals surface area contributed by atoms with Crippen LogP contribution in [-0.2, 0) is 5.75 Å². The molecule has 27 heavy (non-hydrogen) atoms. The van der Waals surface area contributed by atoms with Crippen molar-refractivity contribution in [1.29, 1.82) is 0 Å². The summed E-state index contributed by atoms with van der Waals surface area (Å²) in [5, 5.41) is 6.60. The zero-order chi connectivity index (χ0) is 18.2. The number of thioether (sulfide) groups is 1. The number of nitrogens with zero attached hydrogens (tertiary/aromatic N) is 3. The first-order chi connectivity index (χ1) is 13.3. The van der Waals surface area contributed by atoms with Crippen LogP contribution in [0.1, 0.15) is 5.82 Å². The third-order valence-corrected chi connectivity index (χ3v) is 6.86. The maximum Gasteiger partial charge on any atom is 0.260 e. The largest absolute Gasteiger partial charge is 0.309 e. The normalized spacial score (nSPS) is 11.4. The highest BCUT2D eigenvalue weighted by Crippen LogP contribution is 2.32. The smallest absolute Gasteiger partial charge is 0.260 e. The first-order valence-corrected chi connectivity index (χ1v) is 10.9. The van der Waals surface area contributed by atoms with Gasteiger partial charge in [0.2, 0.25) is 0 Å². The fourth-order valence-corrected chi connectivity index (χ4v) is 5.53. The van der Waals surface area contributed by atoms with Crippen LogP contribution in [-0.4, -0.2) is 19.9 Å². The zero-order valence-electron chi connectivity index (χ0n) is 13.9. The maximum absolute atomic E-state index is 12.7. The second-order valence-corrected chi connectivity index (χ2v) is 8.53. The number of fused-ring (bicyclic) bond motifs is 2. The fraction of sp³-hybridized carbons (Fsp3) is 0.0526. The van der Waals surface area contributed by atoms with Gasteiger partial charge >= 0.3 is 0 Å². The van der Waals surface area contributed by atoms with Crippen LogP contribution < -0.4 is 5.56 Å². The Bertz CT molecular complexity index is 1310. The van der Waals surface area contributed by atoms with Crippen molar-refractivity contribution in [3.63, 3.8) is 0 Å². The molecule has 5 nitrogen and oxygen atoms in total. The summed E-state index contributed by atoms with van der Waals surface area (Å²) in [6.45, 7) is 0. The number of hydrogen-bond donors (Lipinski definition) is 1. The van der Waals surface area contributed by atoms with Crippen molar-refractivity contribution in [2.75, 3.05) is 0 Å². The van der Waals surface area contributed by atoms with Crippen molar-refractivity contribution in [1.82, 2.24) is 19.9 Å². The quantitative estimate of drug-likeness (QED) is 0.337. The van der Waals surface area contributed by atoms with Gasteiger partial charge in [-0.05, 0) is 17.0 Å². The highest BCUT2D eigenvalue weighted by atomic mass is 32.2. The molecule has 0 amide bonds. The van der Waals surface area contributed by atoms with E-state index in [0.29, 0.717) is 17.0 Å². The molecule has 5 rings (SSSR count). The monoisotopic (exact) mass is 408 g/mol. The average Bonchev–Trinajstić information content (AvgIpc) is 3.34. The van der Waals surface area contributed by atoms with Crippen molar-refractivity contribution in [2.24, 2.45) is 0 Å². The van der Waals surface area contributed by atoms with Crippen LogP contribution in [0.4, 0.5) is 0 Å². The van der Waals surface area contributed by atoms with Crippen LogP contribution in [0.2, 0.25) is 0 Å². The number of aromatic nitrogens is 4. The summed E-state index contributed by atoms with van der Waals surface area (Å²) in [6.07, 6.45) is 1.58. The molecule has 0 aliphatic rings. The summed E-state index contributed by atoms with van der Waals surface area (Å²) >= 11 is 4.65. The Balaban J connectivity index is 1.49. The van der Waals surface area contributed by atoms with Gasteiger partial charge in [0, 0.05) is 16.3 Å². The van der Waals surface area contributed by atoms with E-state index in [2.05, 4.69) is 19.9 Å². The summed E-state index contributed by atoms with van der Waals surface area (Å²) in [4.78, 5) is 30.7. The molecule has 0 fully saturated rings. The Morgan fingerprint density at radius 1 is 1.04 bits per heavy atom. The van der Waals surface area contributed by atoms with E-state index in [9.17, 15) is 4.79 Å². The Hall–Kier alpha value is -2.55. The van der Waals surface area contributed by atoms with E-state index in [1.165, 1.54) is 11.3 Å². The van der Waals surface area contributed by atoms with Crippen LogP contribution in [0.3, 0.4) is 0 Å². The third kappa shape index (κ3) is 3.05. The minimum atomic E-state index is -0.0981. The fourth-order valence-electron chi connectivity index (χ4n) is 2.91. The minimum Gasteiger partial charge on any atom is -0.309 e. The van der Waals surface area contributed by atoms with E-state index in [0.717, 1.165) is 31.2 Å². The van der Waals surface area contributed by atoms with Gasteiger partial charge in [0.25, 0.3) is 5.56 Å². The van der Waals surface area contributed by atoms with Gasteiger partial charge < -0.3 is 4.98 Å². The number of benzene rings is 1. The van der Waals surface area contributed by atoms with Gasteiger partial charge in [0.1, 0.15) is 26.8 Å². The molecule has 0 saturated heterocycles. The molecule has 0 radical (unpaired) electrons. The van der Waals surface area contributed by atoms with E-state index >= 15 is 0 Å². The number of rotatable bonds is 4. The molecule has 1 aromatic carbocycles. The maximum atomic E-state index is 12.7. The lowest BCUT2D eigenvalue weighted by Crippen LogP contribution is -2.10. The van der Waals surface area contributed by atoms with E-state index in [1.54, 1.807) is 29.4 Å². The average molecular weight is 409 g/mol. The van der Waals surface area contributed by atoms with Gasteiger partial charge in [-0.25, -0.2) is 15.0 Å². The van der Waals surface area contributed by atoms with Crippen molar-refractivity contribution in [3.8, 4) is 11.1 Å². The molecule has 5 aromatic rings. The summed E-state index contributed by atoms with van der Waals surface area (Å²) in [5.74, 6) is 1.20. The second-order valence-electron chi connectivity index (χ2n) is 5.82. The van der Waals surface area contributed by atoms with Crippen LogP contribution in [0.5, 0.6) is 0 Å². The van der Waals surface area contributed by atoms with Gasteiger partial charge in [-0.2, -0.15) is 0 Å². The summed E-state index contributed by atoms with van der Waals surface area (Å²) in [7, 11) is 0. The molecule has 0 unspecified atom stereocenters. The lowest BCUT2D eigenvalue weighted by molar-refractivity contribution is 1.04. The molecule has 4 heterocycles. The Labute approximate surface area is 166 Å². The molecule has 0 atom stereocenters. The van der Waals surface area contributed by atoms with Crippen LogP contribution in [0.25, 0.3) is 31.6 Å². The molecule has 0 bridgehead atoms. The topological polar surface area (TPSA) is 71.5 Å². The van der Waals surface area contributed by atoms with Gasteiger partial charge in [-0.3, -0.25) is 4.79 Å². The molecular formula is C19H12N4OS3. The molecule has 4 aromatic heterocycles. The number of aromatic amines is 1. The van der Waals surface area contributed by atoms with Crippen molar-refractivity contribution < 1.29 is 0 Å². The Morgan fingerprint density at radius 3 is 2.81 bits per heavy atom.